The van der Waals surface area contributed by atoms with Gasteiger partial charge >= 0.3 is 6.18 Å². The summed E-state index contributed by atoms with van der Waals surface area (Å²) in [5, 5.41) is 2.47. The van der Waals surface area contributed by atoms with Gasteiger partial charge in [-0.05, 0) is 54.8 Å². The summed E-state index contributed by atoms with van der Waals surface area (Å²) >= 11 is 0. The molecule has 0 bridgehead atoms. The molecule has 1 aliphatic rings. The van der Waals surface area contributed by atoms with E-state index in [1.165, 1.54) is 30.4 Å². The Morgan fingerprint density at radius 1 is 1.10 bits per heavy atom. The van der Waals surface area contributed by atoms with Crippen molar-refractivity contribution in [3.8, 4) is 0 Å². The molecular formula is C21H22F3N3O3S. The Kier molecular flexibility index (Phi) is 6.42. The van der Waals surface area contributed by atoms with Crippen molar-refractivity contribution in [3.63, 3.8) is 0 Å². The Bertz CT molecular complexity index is 1090. The van der Waals surface area contributed by atoms with Crippen LogP contribution in [0.5, 0.6) is 0 Å². The molecule has 0 heterocycles. The number of sulfonamides is 1. The maximum absolute atomic E-state index is 13.0. The lowest BCUT2D eigenvalue weighted by Crippen LogP contribution is -2.25. The summed E-state index contributed by atoms with van der Waals surface area (Å²) in [7, 11) is -0.256. The van der Waals surface area contributed by atoms with Gasteiger partial charge < -0.3 is 10.2 Å². The predicted molar refractivity (Wildman–Crippen MR) is 113 cm³/mol. The Morgan fingerprint density at radius 2 is 1.74 bits per heavy atom. The number of nitrogens with zero attached hydrogens (tertiary/aromatic N) is 1. The highest BCUT2D eigenvalue weighted by Gasteiger charge is 2.31. The quantitative estimate of drug-likeness (QED) is 0.624. The number of nitrogens with one attached hydrogen (secondary N) is 2. The van der Waals surface area contributed by atoms with Gasteiger partial charge in [0.25, 0.3) is 0 Å². The maximum Gasteiger partial charge on any atom is 0.416 e. The normalized spacial score (nSPS) is 14.6. The minimum atomic E-state index is -4.53. The van der Waals surface area contributed by atoms with Gasteiger partial charge in [0, 0.05) is 26.2 Å². The molecule has 2 N–H and O–H groups in total. The first kappa shape index (κ1) is 22.8. The number of alkyl halides is 3. The molecule has 0 aliphatic heterocycles. The van der Waals surface area contributed by atoms with Crippen LogP contribution in [0.1, 0.15) is 24.0 Å². The molecule has 0 aromatic heterocycles. The lowest BCUT2D eigenvalue weighted by Gasteiger charge is -2.19. The second-order valence-corrected chi connectivity index (χ2v) is 9.13. The molecular weight excluding hydrogens is 431 g/mol. The Morgan fingerprint density at radius 3 is 2.29 bits per heavy atom. The molecule has 1 aliphatic carbocycles. The standard InChI is InChI=1S/C21H22F3N3O3S/c1-27(2)19-11-6-15(21(22,23)24)13-18(19)25-20(28)12-5-14-3-9-17(10-4-14)31(29,30)26-16-7-8-16/h3-6,9-13,16,26H,7-8H2,1-2H3,(H,25,28)/b12-5+. The molecule has 0 unspecified atom stereocenters. The van der Waals surface area contributed by atoms with Gasteiger partial charge in [0.2, 0.25) is 15.9 Å². The average molecular weight is 453 g/mol. The third kappa shape index (κ3) is 6.08. The van der Waals surface area contributed by atoms with Gasteiger partial charge in [-0.15, -0.1) is 0 Å². The molecule has 31 heavy (non-hydrogen) atoms. The first-order valence-electron chi connectivity index (χ1n) is 9.46. The number of benzene rings is 2. The van der Waals surface area contributed by atoms with E-state index in [-0.39, 0.29) is 16.6 Å². The molecule has 6 nitrogen and oxygen atoms in total. The Hall–Kier alpha value is -2.85. The summed E-state index contributed by atoms with van der Waals surface area (Å²) < 4.78 is 65.9. The third-order valence-corrected chi connectivity index (χ3v) is 6.12. The van der Waals surface area contributed by atoms with Crippen molar-refractivity contribution in [2.75, 3.05) is 24.3 Å². The zero-order valence-electron chi connectivity index (χ0n) is 16.9. The van der Waals surface area contributed by atoms with Crippen molar-refractivity contribution >= 4 is 33.4 Å². The van der Waals surface area contributed by atoms with Gasteiger partial charge in [-0.1, -0.05) is 12.1 Å². The van der Waals surface area contributed by atoms with Crippen LogP contribution < -0.4 is 14.9 Å². The summed E-state index contributed by atoms with van der Waals surface area (Å²) in [6.45, 7) is 0. The number of anilines is 2. The van der Waals surface area contributed by atoms with E-state index < -0.39 is 27.7 Å². The third-order valence-electron chi connectivity index (χ3n) is 4.58. The molecule has 0 saturated heterocycles. The van der Waals surface area contributed by atoms with Gasteiger partial charge in [-0.3, -0.25) is 4.79 Å². The maximum atomic E-state index is 13.0. The molecule has 2 aromatic rings. The number of carbonyl (C=O) groups is 1. The number of hydrogen-bond acceptors (Lipinski definition) is 4. The van der Waals surface area contributed by atoms with Gasteiger partial charge in [-0.25, -0.2) is 13.1 Å². The van der Waals surface area contributed by atoms with E-state index in [0.29, 0.717) is 11.3 Å². The highest BCUT2D eigenvalue weighted by atomic mass is 32.2. The minimum absolute atomic E-state index is 0.00354. The number of rotatable bonds is 7. The van der Waals surface area contributed by atoms with Crippen molar-refractivity contribution in [2.45, 2.75) is 30.0 Å². The van der Waals surface area contributed by atoms with E-state index in [2.05, 4.69) is 10.0 Å². The van der Waals surface area contributed by atoms with E-state index in [0.717, 1.165) is 25.0 Å². The first-order chi connectivity index (χ1) is 14.5. The van der Waals surface area contributed by atoms with Crippen LogP contribution in [-0.2, 0) is 21.0 Å². The summed E-state index contributed by atoms with van der Waals surface area (Å²) in [6, 6.07) is 9.07. The fourth-order valence-corrected chi connectivity index (χ4v) is 4.10. The molecule has 0 atom stereocenters. The number of amides is 1. The lowest BCUT2D eigenvalue weighted by atomic mass is 10.1. The second-order valence-electron chi connectivity index (χ2n) is 7.41. The summed E-state index contributed by atoms with van der Waals surface area (Å²) in [5.41, 5.74) is 0.154. The van der Waals surface area contributed by atoms with E-state index in [4.69, 9.17) is 0 Å². The van der Waals surface area contributed by atoms with Crippen LogP contribution in [0, 0.1) is 0 Å². The van der Waals surface area contributed by atoms with Crippen molar-refractivity contribution in [2.24, 2.45) is 0 Å². The van der Waals surface area contributed by atoms with Crippen molar-refractivity contribution in [1.82, 2.24) is 4.72 Å². The number of halogens is 3. The van der Waals surface area contributed by atoms with Crippen LogP contribution in [0.25, 0.3) is 6.08 Å². The smallest absolute Gasteiger partial charge is 0.376 e. The average Bonchev–Trinajstić information content (AvgIpc) is 3.49. The minimum Gasteiger partial charge on any atom is -0.376 e. The zero-order valence-corrected chi connectivity index (χ0v) is 17.7. The highest BCUT2D eigenvalue weighted by molar-refractivity contribution is 7.89. The van der Waals surface area contributed by atoms with E-state index >= 15 is 0 Å². The first-order valence-corrected chi connectivity index (χ1v) is 10.9. The van der Waals surface area contributed by atoms with Crippen molar-refractivity contribution < 1.29 is 26.4 Å². The van der Waals surface area contributed by atoms with E-state index in [1.807, 2.05) is 0 Å². The zero-order chi connectivity index (χ0) is 22.8. The molecule has 10 heteroatoms. The molecule has 166 valence electrons. The highest BCUT2D eigenvalue weighted by Crippen LogP contribution is 2.35. The fourth-order valence-electron chi connectivity index (χ4n) is 2.80. The Balaban J connectivity index is 1.71. The molecule has 3 rings (SSSR count). The van der Waals surface area contributed by atoms with Crippen molar-refractivity contribution in [3.05, 3.63) is 59.7 Å². The lowest BCUT2D eigenvalue weighted by molar-refractivity contribution is -0.137. The molecule has 0 radical (unpaired) electrons. The van der Waals surface area contributed by atoms with Gasteiger partial charge in [0.05, 0.1) is 21.8 Å². The van der Waals surface area contributed by atoms with Gasteiger partial charge in [0.1, 0.15) is 0 Å². The molecule has 2 aromatic carbocycles. The van der Waals surface area contributed by atoms with Crippen molar-refractivity contribution in [1.29, 1.82) is 0 Å². The van der Waals surface area contributed by atoms with Crippen LogP contribution in [-0.4, -0.2) is 34.5 Å². The number of carbonyl (C=O) groups excluding carboxylic acids is 1. The van der Waals surface area contributed by atoms with Crippen LogP contribution in [0.15, 0.2) is 53.4 Å². The van der Waals surface area contributed by atoms with Gasteiger partial charge in [-0.2, -0.15) is 13.2 Å². The van der Waals surface area contributed by atoms with Gasteiger partial charge in [0.15, 0.2) is 0 Å². The monoisotopic (exact) mass is 453 g/mol. The summed E-state index contributed by atoms with van der Waals surface area (Å²) in [6.07, 6.45) is -0.252. The molecule has 1 fully saturated rings. The summed E-state index contributed by atoms with van der Waals surface area (Å²) in [4.78, 5) is 14.0. The summed E-state index contributed by atoms with van der Waals surface area (Å²) in [5.74, 6) is -0.616. The molecule has 1 saturated carbocycles. The largest absolute Gasteiger partial charge is 0.416 e. The van der Waals surface area contributed by atoms with E-state index in [9.17, 15) is 26.4 Å². The molecule has 0 spiro atoms. The van der Waals surface area contributed by atoms with E-state index in [1.54, 1.807) is 31.1 Å². The molecule has 1 amide bonds. The fraction of sp³-hybridized carbons (Fsp3) is 0.286. The van der Waals surface area contributed by atoms with Crippen LogP contribution >= 0.6 is 0 Å². The predicted octanol–water partition coefficient (Wildman–Crippen LogP) is 3.86. The second kappa shape index (κ2) is 8.72. The SMILES string of the molecule is CN(C)c1ccc(C(F)(F)F)cc1NC(=O)/C=C/c1ccc(S(=O)(=O)NC2CC2)cc1. The van der Waals surface area contributed by atoms with Crippen LogP contribution in [0.2, 0.25) is 0 Å². The van der Waals surface area contributed by atoms with Crippen LogP contribution in [0.4, 0.5) is 24.5 Å². The number of hydrogen-bond donors (Lipinski definition) is 2. The Labute approximate surface area is 178 Å². The topological polar surface area (TPSA) is 78.5 Å². The van der Waals surface area contributed by atoms with Crippen LogP contribution in [0.3, 0.4) is 0 Å².